The van der Waals surface area contributed by atoms with E-state index in [0.717, 1.165) is 12.8 Å². The van der Waals surface area contributed by atoms with Crippen LogP contribution in [0.3, 0.4) is 0 Å². The number of amides is 2. The molecular formula is C14H24ClN3O2. The molecule has 0 spiro atoms. The maximum atomic E-state index is 12.5. The maximum Gasteiger partial charge on any atom is 0.239 e. The van der Waals surface area contributed by atoms with Crippen LogP contribution >= 0.6 is 12.4 Å². The van der Waals surface area contributed by atoms with Gasteiger partial charge in [-0.2, -0.15) is 0 Å². The first-order chi connectivity index (χ1) is 9.15. The third-order valence-electron chi connectivity index (χ3n) is 5.11. The van der Waals surface area contributed by atoms with Crippen molar-refractivity contribution >= 4 is 24.2 Å². The highest BCUT2D eigenvalue weighted by Crippen LogP contribution is 2.42. The lowest BCUT2D eigenvalue weighted by molar-refractivity contribution is -0.143. The van der Waals surface area contributed by atoms with Gasteiger partial charge in [-0.3, -0.25) is 9.59 Å². The third-order valence-corrected chi connectivity index (χ3v) is 5.11. The molecule has 3 N–H and O–H groups in total. The monoisotopic (exact) mass is 301 g/mol. The fourth-order valence-corrected chi connectivity index (χ4v) is 4.08. The second-order valence-electron chi connectivity index (χ2n) is 6.31. The van der Waals surface area contributed by atoms with Crippen LogP contribution in [-0.2, 0) is 9.59 Å². The van der Waals surface area contributed by atoms with Gasteiger partial charge in [0.1, 0.15) is 0 Å². The SMILES string of the molecule is Cl.NC1C2CCCC1CC(C(=O)N1CCNC(=O)C1)C2. The molecule has 1 saturated heterocycles. The zero-order chi connectivity index (χ0) is 13.4. The molecule has 2 atom stereocenters. The number of nitrogens with two attached hydrogens (primary N) is 1. The summed E-state index contributed by atoms with van der Waals surface area (Å²) in [6, 6.07) is 0.294. The molecule has 0 aromatic heterocycles. The molecule has 0 radical (unpaired) electrons. The van der Waals surface area contributed by atoms with Crippen LogP contribution in [-0.4, -0.2) is 42.4 Å². The Morgan fingerprint density at radius 3 is 2.50 bits per heavy atom. The molecule has 2 bridgehead atoms. The molecule has 3 aliphatic rings. The van der Waals surface area contributed by atoms with Crippen LogP contribution in [0.25, 0.3) is 0 Å². The lowest BCUT2D eigenvalue weighted by Gasteiger charge is -2.44. The molecule has 2 unspecified atom stereocenters. The van der Waals surface area contributed by atoms with E-state index in [1.807, 2.05) is 0 Å². The number of nitrogens with zero attached hydrogens (tertiary/aromatic N) is 1. The molecule has 1 aliphatic heterocycles. The van der Waals surface area contributed by atoms with Gasteiger partial charge in [-0.25, -0.2) is 0 Å². The summed E-state index contributed by atoms with van der Waals surface area (Å²) in [5.74, 6) is 1.27. The molecule has 3 rings (SSSR count). The molecule has 114 valence electrons. The Morgan fingerprint density at radius 1 is 1.25 bits per heavy atom. The first kappa shape index (κ1) is 15.6. The fraction of sp³-hybridized carbons (Fsp3) is 0.857. The highest BCUT2D eigenvalue weighted by atomic mass is 35.5. The van der Waals surface area contributed by atoms with E-state index in [9.17, 15) is 9.59 Å². The van der Waals surface area contributed by atoms with Crippen molar-refractivity contribution in [3.8, 4) is 0 Å². The summed E-state index contributed by atoms with van der Waals surface area (Å²) in [5, 5.41) is 2.76. The molecule has 20 heavy (non-hydrogen) atoms. The average molecular weight is 302 g/mol. The maximum absolute atomic E-state index is 12.5. The summed E-state index contributed by atoms with van der Waals surface area (Å²) in [6.07, 6.45) is 5.45. The molecule has 5 nitrogen and oxygen atoms in total. The number of piperazine rings is 1. The fourth-order valence-electron chi connectivity index (χ4n) is 4.08. The van der Waals surface area contributed by atoms with Crippen molar-refractivity contribution in [1.29, 1.82) is 0 Å². The van der Waals surface area contributed by atoms with Crippen molar-refractivity contribution in [3.63, 3.8) is 0 Å². The summed E-state index contributed by atoms with van der Waals surface area (Å²) >= 11 is 0. The number of fused-ring (bicyclic) bond motifs is 2. The second-order valence-corrected chi connectivity index (χ2v) is 6.31. The quantitative estimate of drug-likeness (QED) is 0.741. The van der Waals surface area contributed by atoms with E-state index in [0.29, 0.717) is 31.0 Å². The number of hydrogen-bond acceptors (Lipinski definition) is 3. The second kappa shape index (κ2) is 6.31. The minimum absolute atomic E-state index is 0. The molecule has 2 saturated carbocycles. The third kappa shape index (κ3) is 2.93. The standard InChI is InChI=1S/C14H23N3O2.ClH/c15-13-9-2-1-3-10(13)7-11(6-9)14(19)17-5-4-16-12(18)8-17;/h9-11,13H,1-8,15H2,(H,16,18);1H. The Bertz CT molecular complexity index is 377. The van der Waals surface area contributed by atoms with E-state index < -0.39 is 0 Å². The summed E-state index contributed by atoms with van der Waals surface area (Å²) in [4.78, 5) is 25.7. The smallest absolute Gasteiger partial charge is 0.239 e. The van der Waals surface area contributed by atoms with Gasteiger partial charge in [0.25, 0.3) is 0 Å². The van der Waals surface area contributed by atoms with Crippen LogP contribution < -0.4 is 11.1 Å². The molecule has 3 fully saturated rings. The molecule has 0 aromatic carbocycles. The van der Waals surface area contributed by atoms with E-state index >= 15 is 0 Å². The lowest BCUT2D eigenvalue weighted by Crippen LogP contribution is -2.54. The number of carbonyl (C=O) groups excluding carboxylic acids is 2. The Morgan fingerprint density at radius 2 is 1.90 bits per heavy atom. The van der Waals surface area contributed by atoms with E-state index in [1.165, 1.54) is 19.3 Å². The van der Waals surface area contributed by atoms with Gasteiger partial charge in [-0.05, 0) is 37.5 Å². The first-order valence-electron chi connectivity index (χ1n) is 7.46. The average Bonchev–Trinajstić information content (AvgIpc) is 2.37. The zero-order valence-corrected chi connectivity index (χ0v) is 12.5. The summed E-state index contributed by atoms with van der Waals surface area (Å²) in [7, 11) is 0. The molecular weight excluding hydrogens is 278 g/mol. The number of rotatable bonds is 1. The number of hydrogen-bond donors (Lipinski definition) is 2. The molecule has 6 heteroatoms. The van der Waals surface area contributed by atoms with Crippen LogP contribution in [0, 0.1) is 17.8 Å². The highest BCUT2D eigenvalue weighted by Gasteiger charge is 2.41. The van der Waals surface area contributed by atoms with Crippen molar-refractivity contribution in [2.45, 2.75) is 38.1 Å². The molecule has 2 amide bonds. The summed E-state index contributed by atoms with van der Waals surface area (Å²) < 4.78 is 0. The van der Waals surface area contributed by atoms with Crippen molar-refractivity contribution in [1.82, 2.24) is 10.2 Å². The number of carbonyl (C=O) groups is 2. The Labute approximate surface area is 126 Å². The first-order valence-corrected chi connectivity index (χ1v) is 7.46. The van der Waals surface area contributed by atoms with E-state index in [2.05, 4.69) is 5.32 Å². The van der Waals surface area contributed by atoms with Crippen molar-refractivity contribution in [2.24, 2.45) is 23.5 Å². The predicted molar refractivity (Wildman–Crippen MR) is 78.4 cm³/mol. The minimum atomic E-state index is -0.0349. The van der Waals surface area contributed by atoms with Crippen LogP contribution in [0.15, 0.2) is 0 Å². The van der Waals surface area contributed by atoms with Crippen molar-refractivity contribution in [2.75, 3.05) is 19.6 Å². The number of halogens is 1. The molecule has 2 aliphatic carbocycles. The highest BCUT2D eigenvalue weighted by molar-refractivity contribution is 5.87. The Kier molecular flexibility index (Phi) is 4.91. The zero-order valence-electron chi connectivity index (χ0n) is 11.7. The predicted octanol–water partition coefficient (Wildman–Crippen LogP) is 0.520. The van der Waals surface area contributed by atoms with Gasteiger partial charge in [-0.15, -0.1) is 12.4 Å². The van der Waals surface area contributed by atoms with Gasteiger partial charge in [0, 0.05) is 25.0 Å². The normalized spacial score (nSPS) is 36.9. The number of nitrogens with one attached hydrogen (secondary N) is 1. The molecule has 0 aromatic rings. The minimum Gasteiger partial charge on any atom is -0.353 e. The Hall–Kier alpha value is -0.810. The lowest BCUT2D eigenvalue weighted by atomic mass is 9.65. The van der Waals surface area contributed by atoms with Crippen molar-refractivity contribution in [3.05, 3.63) is 0 Å². The van der Waals surface area contributed by atoms with Crippen LogP contribution in [0.1, 0.15) is 32.1 Å². The largest absolute Gasteiger partial charge is 0.353 e. The van der Waals surface area contributed by atoms with E-state index in [-0.39, 0.29) is 36.7 Å². The Balaban J connectivity index is 0.00000147. The van der Waals surface area contributed by atoms with Crippen LogP contribution in [0.4, 0.5) is 0 Å². The topological polar surface area (TPSA) is 75.4 Å². The van der Waals surface area contributed by atoms with Crippen LogP contribution in [0.5, 0.6) is 0 Å². The van der Waals surface area contributed by atoms with Gasteiger partial charge in [0.15, 0.2) is 0 Å². The summed E-state index contributed by atoms with van der Waals surface area (Å²) in [6.45, 7) is 1.48. The van der Waals surface area contributed by atoms with Crippen molar-refractivity contribution < 1.29 is 9.59 Å². The van der Waals surface area contributed by atoms with Crippen LogP contribution in [0.2, 0.25) is 0 Å². The molecule has 1 heterocycles. The van der Waals surface area contributed by atoms with Gasteiger partial charge in [-0.1, -0.05) is 6.42 Å². The van der Waals surface area contributed by atoms with Gasteiger partial charge in [0.2, 0.25) is 11.8 Å². The van der Waals surface area contributed by atoms with E-state index in [1.54, 1.807) is 4.90 Å². The van der Waals surface area contributed by atoms with Gasteiger partial charge < -0.3 is 16.0 Å². The van der Waals surface area contributed by atoms with Gasteiger partial charge >= 0.3 is 0 Å². The van der Waals surface area contributed by atoms with E-state index in [4.69, 9.17) is 5.73 Å². The van der Waals surface area contributed by atoms with Gasteiger partial charge in [0.05, 0.1) is 6.54 Å². The summed E-state index contributed by atoms with van der Waals surface area (Å²) in [5.41, 5.74) is 6.26.